The van der Waals surface area contributed by atoms with Crippen molar-refractivity contribution in [3.63, 3.8) is 0 Å². The standard InChI is InChI=1S/C22H19Cl2F4NO3/c23-21(24)9-10-31-20-6-2-3-15-16(20)4-1-5-19(15)29-32-12-11-30-14-7-8-18(25)17(13-14)22(26,27)28/h2-3,6-9,13H,1,4-5,10-12H2/b29-19+. The number of fused-ring (bicyclic) bond motifs is 1. The van der Waals surface area contributed by atoms with Gasteiger partial charge < -0.3 is 14.3 Å². The molecular formula is C22H19Cl2F4NO3. The molecule has 0 saturated carbocycles. The van der Waals surface area contributed by atoms with E-state index < -0.39 is 17.6 Å². The van der Waals surface area contributed by atoms with Gasteiger partial charge in [0.05, 0.1) is 11.3 Å². The van der Waals surface area contributed by atoms with E-state index in [0.717, 1.165) is 41.8 Å². The van der Waals surface area contributed by atoms with Crippen LogP contribution in [0.3, 0.4) is 0 Å². The van der Waals surface area contributed by atoms with Crippen LogP contribution in [0.2, 0.25) is 0 Å². The summed E-state index contributed by atoms with van der Waals surface area (Å²) in [7, 11) is 0. The predicted octanol–water partition coefficient (Wildman–Crippen LogP) is 6.68. The molecule has 10 heteroatoms. The van der Waals surface area contributed by atoms with Crippen LogP contribution in [-0.2, 0) is 17.4 Å². The summed E-state index contributed by atoms with van der Waals surface area (Å²) < 4.78 is 62.7. The summed E-state index contributed by atoms with van der Waals surface area (Å²) in [5.41, 5.74) is 1.27. The van der Waals surface area contributed by atoms with Crippen molar-refractivity contribution in [1.82, 2.24) is 0 Å². The van der Waals surface area contributed by atoms with E-state index in [-0.39, 0.29) is 30.1 Å². The molecule has 172 valence electrons. The highest BCUT2D eigenvalue weighted by Gasteiger charge is 2.34. The van der Waals surface area contributed by atoms with Gasteiger partial charge in [-0.15, -0.1) is 0 Å². The quantitative estimate of drug-likeness (QED) is 0.235. The van der Waals surface area contributed by atoms with Crippen LogP contribution in [0.25, 0.3) is 0 Å². The van der Waals surface area contributed by atoms with Crippen LogP contribution in [0, 0.1) is 5.82 Å². The lowest BCUT2D eigenvalue weighted by Gasteiger charge is -2.20. The van der Waals surface area contributed by atoms with Crippen LogP contribution in [0.5, 0.6) is 11.5 Å². The van der Waals surface area contributed by atoms with Crippen molar-refractivity contribution in [2.45, 2.75) is 25.4 Å². The minimum atomic E-state index is -4.80. The van der Waals surface area contributed by atoms with Gasteiger partial charge in [0.15, 0.2) is 6.61 Å². The first-order chi connectivity index (χ1) is 15.3. The lowest BCUT2D eigenvalue weighted by Crippen LogP contribution is -2.15. The lowest BCUT2D eigenvalue weighted by atomic mass is 9.89. The summed E-state index contributed by atoms with van der Waals surface area (Å²) in [6.07, 6.45) is -0.874. The van der Waals surface area contributed by atoms with Crippen molar-refractivity contribution in [2.24, 2.45) is 5.16 Å². The van der Waals surface area contributed by atoms with E-state index in [9.17, 15) is 17.6 Å². The van der Waals surface area contributed by atoms with E-state index in [1.165, 1.54) is 0 Å². The number of rotatable bonds is 8. The molecule has 0 atom stereocenters. The highest BCUT2D eigenvalue weighted by atomic mass is 35.5. The van der Waals surface area contributed by atoms with Gasteiger partial charge in [0.1, 0.15) is 35.0 Å². The van der Waals surface area contributed by atoms with Crippen molar-refractivity contribution < 1.29 is 31.9 Å². The van der Waals surface area contributed by atoms with Gasteiger partial charge in [0.2, 0.25) is 0 Å². The van der Waals surface area contributed by atoms with E-state index in [0.29, 0.717) is 18.2 Å². The predicted molar refractivity (Wildman–Crippen MR) is 114 cm³/mol. The third-order valence-corrected chi connectivity index (χ3v) is 4.93. The van der Waals surface area contributed by atoms with Crippen molar-refractivity contribution in [1.29, 1.82) is 0 Å². The molecule has 0 heterocycles. The second-order valence-electron chi connectivity index (χ2n) is 6.80. The third kappa shape index (κ3) is 6.53. The van der Waals surface area contributed by atoms with Gasteiger partial charge in [-0.1, -0.05) is 40.5 Å². The molecule has 2 aromatic rings. The van der Waals surface area contributed by atoms with Gasteiger partial charge in [0.25, 0.3) is 0 Å². The molecule has 0 aliphatic heterocycles. The van der Waals surface area contributed by atoms with E-state index in [1.54, 1.807) is 6.08 Å². The van der Waals surface area contributed by atoms with Crippen molar-refractivity contribution in [3.8, 4) is 11.5 Å². The van der Waals surface area contributed by atoms with Gasteiger partial charge in [-0.3, -0.25) is 0 Å². The van der Waals surface area contributed by atoms with E-state index in [4.69, 9.17) is 37.5 Å². The molecule has 0 amide bonds. The van der Waals surface area contributed by atoms with E-state index in [2.05, 4.69) is 5.16 Å². The zero-order chi connectivity index (χ0) is 23.1. The summed E-state index contributed by atoms with van der Waals surface area (Å²) >= 11 is 11.2. The van der Waals surface area contributed by atoms with Crippen LogP contribution in [0.15, 0.2) is 52.1 Å². The maximum atomic E-state index is 13.3. The molecule has 4 nitrogen and oxygen atoms in total. The smallest absolute Gasteiger partial charge is 0.419 e. The Hall–Kier alpha value is -2.45. The Morgan fingerprint density at radius 3 is 2.62 bits per heavy atom. The Morgan fingerprint density at radius 1 is 1.06 bits per heavy atom. The number of ether oxygens (including phenoxy) is 2. The van der Waals surface area contributed by atoms with E-state index >= 15 is 0 Å². The number of oxime groups is 1. The van der Waals surface area contributed by atoms with Gasteiger partial charge in [-0.05, 0) is 49.6 Å². The number of alkyl halides is 3. The first kappa shape index (κ1) is 24.2. The molecule has 3 rings (SSSR count). The number of hydrogen-bond acceptors (Lipinski definition) is 4. The van der Waals surface area contributed by atoms with Crippen molar-refractivity contribution in [3.05, 3.63) is 69.5 Å². The number of benzene rings is 2. The Labute approximate surface area is 192 Å². The Bertz CT molecular complexity index is 1010. The van der Waals surface area contributed by atoms with Crippen LogP contribution >= 0.6 is 23.2 Å². The molecule has 0 fully saturated rings. The van der Waals surface area contributed by atoms with Crippen LogP contribution in [-0.4, -0.2) is 25.5 Å². The van der Waals surface area contributed by atoms with Crippen LogP contribution in [0.4, 0.5) is 17.6 Å². The highest BCUT2D eigenvalue weighted by Crippen LogP contribution is 2.33. The summed E-state index contributed by atoms with van der Waals surface area (Å²) in [5.74, 6) is -0.750. The Morgan fingerprint density at radius 2 is 1.88 bits per heavy atom. The first-order valence-corrected chi connectivity index (χ1v) is 10.5. The van der Waals surface area contributed by atoms with E-state index in [1.807, 2.05) is 18.2 Å². The number of halogens is 6. The molecule has 32 heavy (non-hydrogen) atoms. The SMILES string of the molecule is Fc1ccc(OCCO/N=C2\CCCc3c(OCC=C(Cl)Cl)cccc32)cc1C(F)(F)F. The first-order valence-electron chi connectivity index (χ1n) is 9.70. The van der Waals surface area contributed by atoms with Crippen molar-refractivity contribution in [2.75, 3.05) is 19.8 Å². The molecular weight excluding hydrogens is 473 g/mol. The molecule has 0 aromatic heterocycles. The van der Waals surface area contributed by atoms with Gasteiger partial charge in [-0.25, -0.2) is 4.39 Å². The molecule has 0 spiro atoms. The normalized spacial score (nSPS) is 14.6. The molecule has 2 aromatic carbocycles. The maximum Gasteiger partial charge on any atom is 0.419 e. The zero-order valence-corrected chi connectivity index (χ0v) is 18.2. The molecule has 0 N–H and O–H groups in total. The fourth-order valence-electron chi connectivity index (χ4n) is 3.22. The lowest BCUT2D eigenvalue weighted by molar-refractivity contribution is -0.140. The van der Waals surface area contributed by atoms with Crippen molar-refractivity contribution >= 4 is 28.9 Å². The Balaban J connectivity index is 1.58. The summed E-state index contributed by atoms with van der Waals surface area (Å²) in [6.45, 7) is 0.187. The van der Waals surface area contributed by atoms with Crippen LogP contribution < -0.4 is 9.47 Å². The zero-order valence-electron chi connectivity index (χ0n) is 16.7. The summed E-state index contributed by atoms with van der Waals surface area (Å²) in [4.78, 5) is 5.31. The fourth-order valence-corrected chi connectivity index (χ4v) is 3.34. The summed E-state index contributed by atoms with van der Waals surface area (Å²) in [5, 5.41) is 4.16. The minimum absolute atomic E-state index is 0.00671. The molecule has 0 unspecified atom stereocenters. The second-order valence-corrected chi connectivity index (χ2v) is 7.81. The van der Waals surface area contributed by atoms with Crippen LogP contribution in [0.1, 0.15) is 29.5 Å². The monoisotopic (exact) mass is 491 g/mol. The Kier molecular flexibility index (Phi) is 8.26. The highest BCUT2D eigenvalue weighted by molar-refractivity contribution is 6.55. The molecule has 0 radical (unpaired) electrons. The van der Waals surface area contributed by atoms with Gasteiger partial charge in [-0.2, -0.15) is 13.2 Å². The molecule has 1 aliphatic carbocycles. The average Bonchev–Trinajstić information content (AvgIpc) is 2.74. The average molecular weight is 492 g/mol. The third-order valence-electron chi connectivity index (χ3n) is 4.62. The summed E-state index contributed by atoms with van der Waals surface area (Å²) in [6, 6.07) is 8.08. The number of hydrogen-bond donors (Lipinski definition) is 0. The topological polar surface area (TPSA) is 40.0 Å². The van der Waals surface area contributed by atoms with Gasteiger partial charge >= 0.3 is 6.18 Å². The number of nitrogens with zero attached hydrogens (tertiary/aromatic N) is 1. The second kappa shape index (κ2) is 10.9. The molecule has 0 saturated heterocycles. The maximum absolute atomic E-state index is 13.3. The fraction of sp³-hybridized carbons (Fsp3) is 0.318. The largest absolute Gasteiger partial charge is 0.490 e. The minimum Gasteiger partial charge on any atom is -0.490 e. The molecule has 1 aliphatic rings. The van der Waals surface area contributed by atoms with Gasteiger partial charge in [0, 0.05) is 11.1 Å². The molecule has 0 bridgehead atoms.